The van der Waals surface area contributed by atoms with Crippen molar-refractivity contribution in [3.8, 4) is 11.1 Å². The molecule has 3 heterocycles. The van der Waals surface area contributed by atoms with Crippen LogP contribution in [0.1, 0.15) is 22.3 Å². The van der Waals surface area contributed by atoms with Crippen molar-refractivity contribution < 1.29 is 13.6 Å². The van der Waals surface area contributed by atoms with Crippen molar-refractivity contribution in [2.24, 2.45) is 5.92 Å². The second-order valence-electron chi connectivity index (χ2n) is 9.39. The molecule has 0 N–H and O–H groups in total. The Morgan fingerprint density at radius 1 is 1.03 bits per heavy atom. The van der Waals surface area contributed by atoms with Crippen LogP contribution in [0.5, 0.6) is 0 Å². The number of anilines is 1. The normalized spacial score (nSPS) is 19.4. The Labute approximate surface area is 202 Å². The number of fused-ring (bicyclic) bond motifs is 2. The number of halogens is 2. The molecule has 0 saturated carbocycles. The molecule has 6 rings (SSSR count). The monoisotopic (exact) mass is 470 g/mol. The number of hydrogen-bond donors (Lipinski definition) is 0. The van der Waals surface area contributed by atoms with Crippen LogP contribution in [0.2, 0.25) is 0 Å². The molecule has 7 heteroatoms. The molecule has 2 saturated heterocycles. The second kappa shape index (κ2) is 8.41. The molecule has 0 radical (unpaired) electrons. The smallest absolute Gasteiger partial charge is 0.254 e. The lowest BCUT2D eigenvalue weighted by atomic mass is 9.82. The first-order chi connectivity index (χ1) is 17.0. The first-order valence-electron chi connectivity index (χ1n) is 11.8. The summed E-state index contributed by atoms with van der Waals surface area (Å²) in [5, 5.41) is 0. The van der Waals surface area contributed by atoms with E-state index < -0.39 is 11.6 Å². The van der Waals surface area contributed by atoms with Gasteiger partial charge in [0.2, 0.25) is 0 Å². The Bertz CT molecular complexity index is 1440. The Kier molecular flexibility index (Phi) is 5.20. The van der Waals surface area contributed by atoms with Crippen LogP contribution in [0.3, 0.4) is 0 Å². The van der Waals surface area contributed by atoms with E-state index in [2.05, 4.69) is 14.9 Å². The molecule has 5 nitrogen and oxygen atoms in total. The lowest BCUT2D eigenvalue weighted by Crippen LogP contribution is -2.65. The van der Waals surface area contributed by atoms with Crippen LogP contribution in [0, 0.1) is 24.5 Å². The van der Waals surface area contributed by atoms with Crippen LogP contribution in [-0.2, 0) is 0 Å². The lowest BCUT2D eigenvalue weighted by molar-refractivity contribution is 0.0592. The molecule has 0 bridgehead atoms. The molecule has 1 amide bonds. The second-order valence-corrected chi connectivity index (χ2v) is 9.39. The maximum Gasteiger partial charge on any atom is 0.254 e. The van der Waals surface area contributed by atoms with E-state index in [9.17, 15) is 13.6 Å². The van der Waals surface area contributed by atoms with Gasteiger partial charge < -0.3 is 9.80 Å². The third kappa shape index (κ3) is 3.71. The number of likely N-dealkylation sites (tertiary alicyclic amines) is 1. The summed E-state index contributed by atoms with van der Waals surface area (Å²) in [5.41, 5.74) is 3.96. The average molecular weight is 471 g/mol. The number of piperidine rings is 1. The predicted octanol–water partition coefficient (Wildman–Crippen LogP) is 5.23. The molecular weight excluding hydrogens is 446 g/mol. The van der Waals surface area contributed by atoms with Gasteiger partial charge in [0.15, 0.2) is 11.6 Å². The molecular formula is C28H24F2N4O. The topological polar surface area (TPSA) is 49.3 Å². The van der Waals surface area contributed by atoms with Gasteiger partial charge in [-0.3, -0.25) is 4.79 Å². The van der Waals surface area contributed by atoms with Gasteiger partial charge in [-0.2, -0.15) is 0 Å². The van der Waals surface area contributed by atoms with E-state index >= 15 is 0 Å². The molecule has 2 atom stereocenters. The number of amides is 1. The summed E-state index contributed by atoms with van der Waals surface area (Å²) >= 11 is 0. The predicted molar refractivity (Wildman–Crippen MR) is 131 cm³/mol. The van der Waals surface area contributed by atoms with Crippen LogP contribution in [0.4, 0.5) is 14.6 Å². The zero-order valence-electron chi connectivity index (χ0n) is 19.3. The molecule has 3 aromatic carbocycles. The first-order valence-corrected chi connectivity index (χ1v) is 11.8. The summed E-state index contributed by atoms with van der Waals surface area (Å²) in [5.74, 6) is -0.798. The Morgan fingerprint density at radius 2 is 1.86 bits per heavy atom. The highest BCUT2D eigenvalue weighted by Gasteiger charge is 2.44. The molecule has 0 spiro atoms. The molecule has 0 unspecified atom stereocenters. The van der Waals surface area contributed by atoms with Crippen molar-refractivity contribution in [1.29, 1.82) is 0 Å². The summed E-state index contributed by atoms with van der Waals surface area (Å²) in [7, 11) is 0. The van der Waals surface area contributed by atoms with Crippen molar-refractivity contribution >= 4 is 22.8 Å². The highest BCUT2D eigenvalue weighted by Crippen LogP contribution is 2.37. The standard InChI is InChI=1S/C28H24F2N4O/c1-17-7-8-20(18-5-3-2-4-6-18)21(13-17)28(35)33-12-11-19-15-34(24(19)16-33)25-14-31-27-23(32-25)10-9-22(29)26(27)30/h2-10,13-14,19,24H,11-12,15-16H2,1H3/t19-,24-/m0/s1. The SMILES string of the molecule is Cc1ccc(-c2ccccc2)c(C(=O)N2CC[C@H]3CN(c4cnc5c(F)c(F)ccc5n4)[C@H]3C2)c1. The van der Waals surface area contributed by atoms with E-state index in [1.54, 1.807) is 0 Å². The fourth-order valence-electron chi connectivity index (χ4n) is 5.27. The molecule has 0 aliphatic carbocycles. The van der Waals surface area contributed by atoms with E-state index in [0.717, 1.165) is 35.7 Å². The lowest BCUT2D eigenvalue weighted by Gasteiger charge is -2.54. The van der Waals surface area contributed by atoms with Crippen LogP contribution in [0.15, 0.2) is 66.9 Å². The summed E-state index contributed by atoms with van der Waals surface area (Å²) in [6.07, 6.45) is 2.41. The molecule has 35 heavy (non-hydrogen) atoms. The van der Waals surface area contributed by atoms with Gasteiger partial charge in [0, 0.05) is 31.1 Å². The highest BCUT2D eigenvalue weighted by atomic mass is 19.2. The van der Waals surface area contributed by atoms with E-state index in [0.29, 0.717) is 35.9 Å². The minimum Gasteiger partial charge on any atom is -0.350 e. The number of nitrogens with zero attached hydrogens (tertiary/aromatic N) is 4. The maximum atomic E-state index is 14.0. The van der Waals surface area contributed by atoms with Gasteiger partial charge in [-0.25, -0.2) is 18.7 Å². The van der Waals surface area contributed by atoms with Gasteiger partial charge in [0.05, 0.1) is 17.8 Å². The van der Waals surface area contributed by atoms with E-state index in [-0.39, 0.29) is 17.5 Å². The zero-order valence-corrected chi connectivity index (χ0v) is 19.3. The van der Waals surface area contributed by atoms with Crippen LogP contribution < -0.4 is 4.90 Å². The summed E-state index contributed by atoms with van der Waals surface area (Å²) in [6.45, 7) is 4.11. The fraction of sp³-hybridized carbons (Fsp3) is 0.250. The summed E-state index contributed by atoms with van der Waals surface area (Å²) in [4.78, 5) is 26.4. The zero-order chi connectivity index (χ0) is 24.1. The summed E-state index contributed by atoms with van der Waals surface area (Å²) in [6, 6.07) is 18.6. The van der Waals surface area contributed by atoms with Crippen LogP contribution in [-0.4, -0.2) is 46.5 Å². The molecule has 1 aromatic heterocycles. The number of aryl methyl sites for hydroxylation is 1. The van der Waals surface area contributed by atoms with Gasteiger partial charge in [-0.05, 0) is 42.7 Å². The third-order valence-corrected chi connectivity index (χ3v) is 7.22. The van der Waals surface area contributed by atoms with Gasteiger partial charge in [0.1, 0.15) is 11.3 Å². The first kappa shape index (κ1) is 21.6. The third-order valence-electron chi connectivity index (χ3n) is 7.22. The molecule has 2 fully saturated rings. The largest absolute Gasteiger partial charge is 0.350 e. The fourth-order valence-corrected chi connectivity index (χ4v) is 5.27. The Balaban J connectivity index is 1.26. The number of benzene rings is 3. The number of rotatable bonds is 3. The van der Waals surface area contributed by atoms with E-state index in [1.165, 1.54) is 12.3 Å². The van der Waals surface area contributed by atoms with E-state index in [4.69, 9.17) is 0 Å². The molecule has 176 valence electrons. The Hall–Kier alpha value is -3.87. The van der Waals surface area contributed by atoms with Crippen molar-refractivity contribution in [3.05, 3.63) is 89.6 Å². The average Bonchev–Trinajstić information content (AvgIpc) is 2.87. The van der Waals surface area contributed by atoms with Crippen molar-refractivity contribution in [3.63, 3.8) is 0 Å². The number of aromatic nitrogens is 2. The van der Waals surface area contributed by atoms with Crippen LogP contribution >= 0.6 is 0 Å². The van der Waals surface area contributed by atoms with Crippen molar-refractivity contribution in [1.82, 2.24) is 14.9 Å². The highest BCUT2D eigenvalue weighted by molar-refractivity contribution is 6.01. The number of hydrogen-bond acceptors (Lipinski definition) is 4. The summed E-state index contributed by atoms with van der Waals surface area (Å²) < 4.78 is 27.6. The molecule has 2 aliphatic rings. The van der Waals surface area contributed by atoms with Crippen molar-refractivity contribution in [2.45, 2.75) is 19.4 Å². The van der Waals surface area contributed by atoms with Gasteiger partial charge in [-0.15, -0.1) is 0 Å². The number of carbonyl (C=O) groups is 1. The van der Waals surface area contributed by atoms with Gasteiger partial charge >= 0.3 is 0 Å². The molecule has 2 aliphatic heterocycles. The Morgan fingerprint density at radius 3 is 2.69 bits per heavy atom. The minimum atomic E-state index is -0.982. The maximum absolute atomic E-state index is 14.0. The van der Waals surface area contributed by atoms with Crippen molar-refractivity contribution in [2.75, 3.05) is 24.5 Å². The van der Waals surface area contributed by atoms with Gasteiger partial charge in [0.25, 0.3) is 5.91 Å². The number of carbonyl (C=O) groups excluding carboxylic acids is 1. The molecule has 4 aromatic rings. The van der Waals surface area contributed by atoms with E-state index in [1.807, 2.05) is 60.4 Å². The minimum absolute atomic E-state index is 0.0278. The quantitative estimate of drug-likeness (QED) is 0.411. The van der Waals surface area contributed by atoms with Gasteiger partial charge in [-0.1, -0.05) is 48.0 Å². The van der Waals surface area contributed by atoms with Crippen LogP contribution in [0.25, 0.3) is 22.2 Å².